The van der Waals surface area contributed by atoms with Crippen LogP contribution in [0.4, 0.5) is 14.5 Å². The minimum absolute atomic E-state index is 0.0213. The van der Waals surface area contributed by atoms with Crippen molar-refractivity contribution in [2.75, 3.05) is 18.0 Å². The normalized spacial score (nSPS) is 16.9. The Morgan fingerprint density at radius 1 is 1.16 bits per heavy atom. The van der Waals surface area contributed by atoms with Gasteiger partial charge >= 0.3 is 5.97 Å². The summed E-state index contributed by atoms with van der Waals surface area (Å²) in [4.78, 5) is 12.0. The molecular formula is C27H27F2NO6S. The Kier molecular flexibility index (Phi) is 7.25. The van der Waals surface area contributed by atoms with Crippen LogP contribution in [0.5, 0.6) is 5.75 Å². The van der Waals surface area contributed by atoms with Gasteiger partial charge < -0.3 is 14.6 Å². The zero-order valence-electron chi connectivity index (χ0n) is 20.6. The van der Waals surface area contributed by atoms with Crippen LogP contribution in [0.1, 0.15) is 25.3 Å². The summed E-state index contributed by atoms with van der Waals surface area (Å²) >= 11 is 0. The maximum atomic E-state index is 14.5. The lowest BCUT2D eigenvalue weighted by molar-refractivity contribution is -0.161. The fourth-order valence-corrected chi connectivity index (χ4v) is 5.85. The largest absolute Gasteiger partial charge is 0.486 e. The Bertz CT molecular complexity index is 1440. The molecule has 0 amide bonds. The Hall–Kier alpha value is -3.50. The third-order valence-corrected chi connectivity index (χ3v) is 8.06. The van der Waals surface area contributed by atoms with Crippen LogP contribution in [0.3, 0.4) is 0 Å². The zero-order chi connectivity index (χ0) is 27.0. The molecule has 0 saturated heterocycles. The SMILES string of the molecule is COC(=O)C(C)(O)CC[C@H]1CN(S(=O)(=O)c2cccc(C)c2)c2cc(-c3cc(F)ccc3F)ccc2O1. The number of esters is 1. The minimum Gasteiger partial charge on any atom is -0.486 e. The highest BCUT2D eigenvalue weighted by atomic mass is 32.2. The molecule has 0 aliphatic carbocycles. The predicted molar refractivity (Wildman–Crippen MR) is 134 cm³/mol. The van der Waals surface area contributed by atoms with Crippen LogP contribution < -0.4 is 9.04 Å². The van der Waals surface area contributed by atoms with E-state index in [1.165, 1.54) is 48.7 Å². The minimum atomic E-state index is -4.09. The molecule has 0 bridgehead atoms. The monoisotopic (exact) mass is 531 g/mol. The fourth-order valence-electron chi connectivity index (χ4n) is 4.24. The molecule has 3 aromatic rings. The highest BCUT2D eigenvalue weighted by Gasteiger charge is 2.38. The number of halogens is 2. The van der Waals surface area contributed by atoms with Crippen molar-refractivity contribution in [3.05, 3.63) is 77.9 Å². The van der Waals surface area contributed by atoms with E-state index < -0.39 is 39.3 Å². The summed E-state index contributed by atoms with van der Waals surface area (Å²) in [7, 11) is -2.93. The molecule has 37 heavy (non-hydrogen) atoms. The van der Waals surface area contributed by atoms with E-state index in [-0.39, 0.29) is 46.8 Å². The molecule has 10 heteroatoms. The van der Waals surface area contributed by atoms with Crippen molar-refractivity contribution in [2.45, 2.75) is 43.3 Å². The van der Waals surface area contributed by atoms with Gasteiger partial charge in [0.25, 0.3) is 10.0 Å². The number of hydrogen-bond donors (Lipinski definition) is 1. The number of methoxy groups -OCH3 is 1. The average Bonchev–Trinajstić information content (AvgIpc) is 2.87. The molecule has 7 nitrogen and oxygen atoms in total. The molecule has 0 spiro atoms. The predicted octanol–water partition coefficient (Wildman–Crippen LogP) is 4.60. The molecule has 3 aromatic carbocycles. The van der Waals surface area contributed by atoms with E-state index in [1.54, 1.807) is 19.1 Å². The first kappa shape index (κ1) is 26.6. The molecule has 1 heterocycles. The quantitative estimate of drug-likeness (QED) is 0.448. The fraction of sp³-hybridized carbons (Fsp3) is 0.296. The van der Waals surface area contributed by atoms with Crippen LogP contribution in [0, 0.1) is 18.6 Å². The van der Waals surface area contributed by atoms with Crippen molar-refractivity contribution >= 4 is 21.7 Å². The number of aryl methyl sites for hydroxylation is 1. The summed E-state index contributed by atoms with van der Waals surface area (Å²) in [5.41, 5.74) is -0.616. The number of benzene rings is 3. The zero-order valence-corrected chi connectivity index (χ0v) is 21.4. The number of fused-ring (bicyclic) bond motifs is 1. The molecular weight excluding hydrogens is 504 g/mol. The maximum absolute atomic E-state index is 14.5. The smallest absolute Gasteiger partial charge is 0.337 e. The van der Waals surface area contributed by atoms with E-state index in [1.807, 2.05) is 0 Å². The summed E-state index contributed by atoms with van der Waals surface area (Å²) in [6.07, 6.45) is -0.605. The summed E-state index contributed by atoms with van der Waals surface area (Å²) in [5, 5.41) is 10.4. The van der Waals surface area contributed by atoms with Crippen LogP contribution >= 0.6 is 0 Å². The first-order valence-corrected chi connectivity index (χ1v) is 13.0. The molecule has 2 atom stereocenters. The third kappa shape index (κ3) is 5.45. The van der Waals surface area contributed by atoms with E-state index in [0.717, 1.165) is 23.8 Å². The van der Waals surface area contributed by atoms with Crippen molar-refractivity contribution in [2.24, 2.45) is 0 Å². The lowest BCUT2D eigenvalue weighted by atomic mass is 9.97. The number of carbonyl (C=O) groups excluding carboxylic acids is 1. The van der Waals surface area contributed by atoms with Gasteiger partial charge in [-0.15, -0.1) is 0 Å². The van der Waals surface area contributed by atoms with E-state index in [9.17, 15) is 27.1 Å². The van der Waals surface area contributed by atoms with Crippen LogP contribution in [-0.2, 0) is 19.6 Å². The van der Waals surface area contributed by atoms with E-state index in [0.29, 0.717) is 0 Å². The Morgan fingerprint density at radius 2 is 1.92 bits per heavy atom. The van der Waals surface area contributed by atoms with E-state index >= 15 is 0 Å². The number of aliphatic hydroxyl groups is 1. The summed E-state index contributed by atoms with van der Waals surface area (Å²) in [5.74, 6) is -1.89. The molecule has 0 radical (unpaired) electrons. The van der Waals surface area contributed by atoms with Crippen LogP contribution in [-0.4, -0.2) is 44.9 Å². The molecule has 1 aliphatic heterocycles. The molecule has 4 rings (SSSR count). The third-order valence-electron chi connectivity index (χ3n) is 6.29. The van der Waals surface area contributed by atoms with Crippen LogP contribution in [0.15, 0.2) is 65.6 Å². The van der Waals surface area contributed by atoms with Crippen molar-refractivity contribution in [1.29, 1.82) is 0 Å². The van der Waals surface area contributed by atoms with Crippen molar-refractivity contribution < 1.29 is 36.6 Å². The van der Waals surface area contributed by atoms with Crippen molar-refractivity contribution in [3.8, 4) is 16.9 Å². The van der Waals surface area contributed by atoms with Gasteiger partial charge in [-0.1, -0.05) is 18.2 Å². The van der Waals surface area contributed by atoms with Gasteiger partial charge in [-0.25, -0.2) is 22.0 Å². The number of carbonyl (C=O) groups is 1. The van der Waals surface area contributed by atoms with Gasteiger partial charge in [0.2, 0.25) is 0 Å². The maximum Gasteiger partial charge on any atom is 0.337 e. The molecule has 1 aliphatic rings. The lowest BCUT2D eigenvalue weighted by Gasteiger charge is -2.36. The van der Waals surface area contributed by atoms with Gasteiger partial charge in [0.1, 0.15) is 23.5 Å². The second-order valence-electron chi connectivity index (χ2n) is 9.20. The number of anilines is 1. The Balaban J connectivity index is 1.77. The van der Waals surface area contributed by atoms with E-state index in [2.05, 4.69) is 4.74 Å². The van der Waals surface area contributed by atoms with Crippen LogP contribution in [0.25, 0.3) is 11.1 Å². The summed E-state index contributed by atoms with van der Waals surface area (Å²) in [6.45, 7) is 2.96. The second-order valence-corrected chi connectivity index (χ2v) is 11.1. The highest BCUT2D eigenvalue weighted by molar-refractivity contribution is 7.92. The van der Waals surface area contributed by atoms with Gasteiger partial charge in [-0.3, -0.25) is 4.31 Å². The van der Waals surface area contributed by atoms with Gasteiger partial charge in [-0.05, 0) is 80.3 Å². The molecule has 196 valence electrons. The van der Waals surface area contributed by atoms with Gasteiger partial charge in [0.15, 0.2) is 5.60 Å². The van der Waals surface area contributed by atoms with Gasteiger partial charge in [0, 0.05) is 5.56 Å². The lowest BCUT2D eigenvalue weighted by Crippen LogP contribution is -2.45. The van der Waals surface area contributed by atoms with Crippen molar-refractivity contribution in [1.82, 2.24) is 0 Å². The number of ether oxygens (including phenoxy) is 2. The topological polar surface area (TPSA) is 93.1 Å². The first-order chi connectivity index (χ1) is 17.4. The van der Waals surface area contributed by atoms with E-state index in [4.69, 9.17) is 4.74 Å². The van der Waals surface area contributed by atoms with Gasteiger partial charge in [-0.2, -0.15) is 0 Å². The first-order valence-electron chi connectivity index (χ1n) is 11.6. The number of nitrogens with zero attached hydrogens (tertiary/aromatic N) is 1. The molecule has 1 unspecified atom stereocenters. The summed E-state index contributed by atoms with van der Waals surface area (Å²) < 4.78 is 67.8. The average molecular weight is 532 g/mol. The Morgan fingerprint density at radius 3 is 2.62 bits per heavy atom. The number of sulfonamides is 1. The second kappa shape index (κ2) is 10.1. The summed E-state index contributed by atoms with van der Waals surface area (Å²) in [6, 6.07) is 13.9. The molecule has 0 aromatic heterocycles. The molecule has 1 N–H and O–H groups in total. The van der Waals surface area contributed by atoms with Gasteiger partial charge in [0.05, 0.1) is 24.2 Å². The van der Waals surface area contributed by atoms with Crippen LogP contribution in [0.2, 0.25) is 0 Å². The van der Waals surface area contributed by atoms with Crippen molar-refractivity contribution in [3.63, 3.8) is 0 Å². The highest BCUT2D eigenvalue weighted by Crippen LogP contribution is 2.41. The Labute approximate surface area is 214 Å². The number of rotatable bonds is 7. The molecule has 0 saturated carbocycles. The molecule has 0 fully saturated rings. The number of hydrogen-bond acceptors (Lipinski definition) is 6. The standard InChI is InChI=1S/C27H27F2NO6S/c1-17-5-4-6-21(13-17)37(33,34)30-16-20(11-12-27(2,32)26(31)35-3)36-25-10-7-18(14-24(25)30)22-15-19(28)8-9-23(22)29/h4-10,13-15,20,32H,11-12,16H2,1-3H3/t20-,27?/m0/s1.